The van der Waals surface area contributed by atoms with Crippen LogP contribution < -0.4 is 10.6 Å². The smallest absolute Gasteiger partial charge is 0.408 e. The molecule has 1 rings (SSSR count). The second kappa shape index (κ2) is 16.8. The van der Waals surface area contributed by atoms with Crippen molar-refractivity contribution in [3.63, 3.8) is 0 Å². The van der Waals surface area contributed by atoms with Crippen LogP contribution in [-0.4, -0.2) is 47.5 Å². The van der Waals surface area contributed by atoms with Gasteiger partial charge in [-0.15, -0.1) is 0 Å². The van der Waals surface area contributed by atoms with Gasteiger partial charge in [-0.05, 0) is 57.7 Å². The van der Waals surface area contributed by atoms with Gasteiger partial charge in [-0.1, -0.05) is 83.2 Å². The topological polar surface area (TPSA) is 87.7 Å². The second-order valence-corrected chi connectivity index (χ2v) is 10.6. The van der Waals surface area contributed by atoms with Gasteiger partial charge in [-0.3, -0.25) is 9.59 Å². The number of hydrogen-bond donors (Lipinski definition) is 2. The summed E-state index contributed by atoms with van der Waals surface area (Å²) in [6, 6.07) is 5.87. The quantitative estimate of drug-likeness (QED) is 0.250. The molecule has 0 heterocycles. The van der Waals surface area contributed by atoms with Crippen LogP contribution in [0.4, 0.5) is 4.79 Å². The van der Waals surface area contributed by atoms with Gasteiger partial charge in [0.15, 0.2) is 0 Å². The Morgan fingerprint density at radius 3 is 2.30 bits per heavy atom. The number of unbranched alkanes of at least 4 members (excludes halogenated alkanes) is 6. The average Bonchev–Trinajstić information content (AvgIpc) is 2.83. The first-order valence-electron chi connectivity index (χ1n) is 13.8. The summed E-state index contributed by atoms with van der Waals surface area (Å²) in [5.41, 5.74) is 0.906. The number of carbonyl (C=O) groups excluding carboxylic acids is 3. The van der Waals surface area contributed by atoms with Crippen LogP contribution in [0.25, 0.3) is 6.08 Å². The van der Waals surface area contributed by atoms with E-state index in [0.717, 1.165) is 56.1 Å². The summed E-state index contributed by atoms with van der Waals surface area (Å²) in [5, 5.41) is 5.67. The lowest BCUT2D eigenvalue weighted by Gasteiger charge is -2.34. The number of nitrogens with one attached hydrogen (secondary N) is 2. The molecular weight excluding hydrogens is 466 g/mol. The van der Waals surface area contributed by atoms with E-state index in [-0.39, 0.29) is 11.8 Å². The fourth-order valence-electron chi connectivity index (χ4n) is 4.04. The third-order valence-corrected chi connectivity index (χ3v) is 5.99. The van der Waals surface area contributed by atoms with E-state index in [2.05, 4.69) is 31.1 Å². The van der Waals surface area contributed by atoms with Gasteiger partial charge in [0.2, 0.25) is 11.8 Å². The molecular formula is C30H49N3O4. The zero-order valence-electron chi connectivity index (χ0n) is 23.9. The molecule has 208 valence electrons. The molecule has 2 unspecified atom stereocenters. The first kappa shape index (κ1) is 32.2. The zero-order valence-corrected chi connectivity index (χ0v) is 23.9. The third kappa shape index (κ3) is 12.3. The molecule has 0 aromatic heterocycles. The predicted octanol–water partition coefficient (Wildman–Crippen LogP) is 6.39. The van der Waals surface area contributed by atoms with Crippen molar-refractivity contribution >= 4 is 24.0 Å². The number of benzene rings is 1. The van der Waals surface area contributed by atoms with E-state index in [1.165, 1.54) is 6.42 Å². The highest BCUT2D eigenvalue weighted by molar-refractivity contribution is 5.92. The molecule has 0 saturated heterocycles. The van der Waals surface area contributed by atoms with E-state index in [1.807, 2.05) is 24.3 Å². The highest BCUT2D eigenvalue weighted by atomic mass is 16.6. The molecule has 2 atom stereocenters. The van der Waals surface area contributed by atoms with E-state index in [1.54, 1.807) is 38.7 Å². The minimum absolute atomic E-state index is 0.224. The highest BCUT2D eigenvalue weighted by Gasteiger charge is 2.34. The van der Waals surface area contributed by atoms with Crippen molar-refractivity contribution < 1.29 is 19.1 Å². The first-order chi connectivity index (χ1) is 17.5. The molecule has 1 aromatic rings. The molecule has 0 spiro atoms. The Balaban J connectivity index is 3.27. The van der Waals surface area contributed by atoms with Crippen LogP contribution in [0.1, 0.15) is 110 Å². The van der Waals surface area contributed by atoms with E-state index >= 15 is 0 Å². The van der Waals surface area contributed by atoms with E-state index in [4.69, 9.17) is 4.74 Å². The van der Waals surface area contributed by atoms with Crippen molar-refractivity contribution in [3.8, 4) is 0 Å². The van der Waals surface area contributed by atoms with Crippen LogP contribution in [0.15, 0.2) is 30.8 Å². The Bertz CT molecular complexity index is 863. The number of ether oxygens (including phenoxy) is 1. The second-order valence-electron chi connectivity index (χ2n) is 10.6. The van der Waals surface area contributed by atoms with Crippen molar-refractivity contribution in [2.75, 3.05) is 13.1 Å². The van der Waals surface area contributed by atoms with E-state index in [0.29, 0.717) is 13.1 Å². The van der Waals surface area contributed by atoms with Crippen molar-refractivity contribution in [1.82, 2.24) is 15.5 Å². The lowest BCUT2D eigenvalue weighted by atomic mass is 9.99. The summed E-state index contributed by atoms with van der Waals surface area (Å²) in [4.78, 5) is 41.3. The van der Waals surface area contributed by atoms with Crippen LogP contribution >= 0.6 is 0 Å². The molecule has 0 aliphatic carbocycles. The van der Waals surface area contributed by atoms with Crippen LogP contribution in [-0.2, 0) is 14.3 Å². The minimum Gasteiger partial charge on any atom is -0.444 e. The van der Waals surface area contributed by atoms with Crippen molar-refractivity contribution in [2.24, 2.45) is 0 Å². The van der Waals surface area contributed by atoms with Gasteiger partial charge in [0.1, 0.15) is 17.7 Å². The summed E-state index contributed by atoms with van der Waals surface area (Å²) in [6.45, 7) is 16.0. The van der Waals surface area contributed by atoms with Gasteiger partial charge in [-0.2, -0.15) is 0 Å². The fourth-order valence-corrected chi connectivity index (χ4v) is 4.04. The molecule has 0 aliphatic rings. The van der Waals surface area contributed by atoms with Crippen LogP contribution in [0, 0.1) is 0 Å². The minimum atomic E-state index is -0.858. The zero-order chi connectivity index (χ0) is 27.8. The monoisotopic (exact) mass is 515 g/mol. The molecule has 7 nitrogen and oxygen atoms in total. The maximum atomic E-state index is 13.8. The average molecular weight is 516 g/mol. The van der Waals surface area contributed by atoms with Crippen molar-refractivity contribution in [1.29, 1.82) is 0 Å². The number of nitrogens with zero attached hydrogens (tertiary/aromatic N) is 1. The summed E-state index contributed by atoms with van der Waals surface area (Å²) < 4.78 is 5.35. The van der Waals surface area contributed by atoms with Gasteiger partial charge in [0.25, 0.3) is 0 Å². The fraction of sp³-hybridized carbons (Fsp3) is 0.633. The van der Waals surface area contributed by atoms with Crippen molar-refractivity contribution in [2.45, 2.75) is 111 Å². The van der Waals surface area contributed by atoms with Gasteiger partial charge in [0, 0.05) is 13.1 Å². The molecule has 3 amide bonds. The largest absolute Gasteiger partial charge is 0.444 e. The Kier molecular flexibility index (Phi) is 14.6. The van der Waals surface area contributed by atoms with Gasteiger partial charge in [-0.25, -0.2) is 4.79 Å². The Morgan fingerprint density at radius 2 is 1.68 bits per heavy atom. The van der Waals surface area contributed by atoms with Crippen molar-refractivity contribution in [3.05, 3.63) is 42.0 Å². The standard InChI is InChI=1S/C30H49N3O4/c1-8-11-13-14-15-16-21-33(28(35)23(4)32-29(36)37-30(5,6)7)26(27(34)31-20-12-9-2)25-19-17-18-24(10-3)22-25/h10,17-19,22-23,26H,3,8-9,11-16,20-21H2,1-2,4-7H3,(H,31,34)(H,32,36). The number of rotatable bonds is 16. The number of amides is 3. The SMILES string of the molecule is C=Cc1cccc(C(C(=O)NCCCC)N(CCCCCCCC)C(=O)C(C)NC(=O)OC(C)(C)C)c1. The number of carbonyl (C=O) groups is 3. The Morgan fingerprint density at radius 1 is 1.03 bits per heavy atom. The van der Waals surface area contributed by atoms with Gasteiger partial charge >= 0.3 is 6.09 Å². The normalized spacial score (nSPS) is 12.8. The summed E-state index contributed by atoms with van der Waals surface area (Å²) in [7, 11) is 0. The third-order valence-electron chi connectivity index (χ3n) is 5.99. The Labute approximate surface area is 224 Å². The molecule has 7 heteroatoms. The Hall–Kier alpha value is -2.83. The van der Waals surface area contributed by atoms with Gasteiger partial charge < -0.3 is 20.3 Å². The van der Waals surface area contributed by atoms with Crippen LogP contribution in [0.2, 0.25) is 0 Å². The van der Waals surface area contributed by atoms with Crippen LogP contribution in [0.3, 0.4) is 0 Å². The molecule has 37 heavy (non-hydrogen) atoms. The number of alkyl carbamates (subject to hydrolysis) is 1. The first-order valence-corrected chi connectivity index (χ1v) is 13.8. The predicted molar refractivity (Wildman–Crippen MR) is 151 cm³/mol. The van der Waals surface area contributed by atoms with Gasteiger partial charge in [0.05, 0.1) is 0 Å². The maximum Gasteiger partial charge on any atom is 0.408 e. The summed E-state index contributed by atoms with van der Waals surface area (Å²) >= 11 is 0. The molecule has 0 fully saturated rings. The molecule has 2 N–H and O–H groups in total. The van der Waals surface area contributed by atoms with E-state index < -0.39 is 23.8 Å². The lowest BCUT2D eigenvalue weighted by molar-refractivity contribution is -0.142. The lowest BCUT2D eigenvalue weighted by Crippen LogP contribution is -2.52. The summed E-state index contributed by atoms with van der Waals surface area (Å²) in [5.74, 6) is -0.544. The molecule has 0 saturated carbocycles. The van der Waals surface area contributed by atoms with E-state index in [9.17, 15) is 14.4 Å². The highest BCUT2D eigenvalue weighted by Crippen LogP contribution is 2.25. The molecule has 0 bridgehead atoms. The summed E-state index contributed by atoms with van der Waals surface area (Å²) in [6.07, 6.45) is 9.20. The molecule has 1 aromatic carbocycles. The molecule has 0 radical (unpaired) electrons. The molecule has 0 aliphatic heterocycles. The number of hydrogen-bond acceptors (Lipinski definition) is 4. The van der Waals surface area contributed by atoms with Crippen LogP contribution in [0.5, 0.6) is 0 Å². The maximum absolute atomic E-state index is 13.8.